The van der Waals surface area contributed by atoms with Crippen molar-refractivity contribution in [1.29, 1.82) is 0 Å². The van der Waals surface area contributed by atoms with E-state index in [0.29, 0.717) is 12.1 Å². The monoisotopic (exact) mass is 361 g/mol. The summed E-state index contributed by atoms with van der Waals surface area (Å²) in [5, 5.41) is 4.41. The lowest BCUT2D eigenvalue weighted by atomic mass is 10.2. The lowest BCUT2D eigenvalue weighted by Crippen LogP contribution is -2.29. The quantitative estimate of drug-likeness (QED) is 0.701. The van der Waals surface area contributed by atoms with Crippen molar-refractivity contribution in [2.75, 3.05) is 25.0 Å². The number of hydrogen-bond acceptors (Lipinski definition) is 4. The van der Waals surface area contributed by atoms with E-state index in [1.165, 1.54) is 0 Å². The Labute approximate surface area is 159 Å². The molecule has 0 N–H and O–H groups in total. The van der Waals surface area contributed by atoms with E-state index in [9.17, 15) is 4.79 Å². The second-order valence-electron chi connectivity index (χ2n) is 6.86. The Kier molecular flexibility index (Phi) is 4.87. The van der Waals surface area contributed by atoms with Crippen molar-refractivity contribution in [2.24, 2.45) is 0 Å². The first-order valence-electron chi connectivity index (χ1n) is 9.27. The molecule has 3 aromatic rings. The van der Waals surface area contributed by atoms with Crippen LogP contribution in [0.15, 0.2) is 61.1 Å². The third-order valence-electron chi connectivity index (χ3n) is 4.85. The number of hydrogen-bond donors (Lipinski definition) is 0. The third kappa shape index (κ3) is 3.69. The molecule has 3 heterocycles. The second kappa shape index (κ2) is 7.61. The fourth-order valence-electron chi connectivity index (χ4n) is 3.46. The van der Waals surface area contributed by atoms with Crippen molar-refractivity contribution in [1.82, 2.24) is 19.7 Å². The SMILES string of the molecule is CN(Cc1cnn(-c2ccccc2)c1)C(=O)c1cccnc1N1CCCC1. The highest BCUT2D eigenvalue weighted by Gasteiger charge is 2.22. The molecule has 0 atom stereocenters. The van der Waals surface area contributed by atoms with Gasteiger partial charge >= 0.3 is 0 Å². The van der Waals surface area contributed by atoms with Crippen molar-refractivity contribution in [3.05, 3.63) is 72.2 Å². The predicted molar refractivity (Wildman–Crippen MR) is 105 cm³/mol. The van der Waals surface area contributed by atoms with Crippen LogP contribution in [-0.4, -0.2) is 45.7 Å². The Bertz CT molecular complexity index is 915. The fraction of sp³-hybridized carbons (Fsp3) is 0.286. The lowest BCUT2D eigenvalue weighted by Gasteiger charge is -2.22. The second-order valence-corrected chi connectivity index (χ2v) is 6.86. The minimum Gasteiger partial charge on any atom is -0.356 e. The lowest BCUT2D eigenvalue weighted by molar-refractivity contribution is 0.0785. The van der Waals surface area contributed by atoms with Gasteiger partial charge in [0.2, 0.25) is 0 Å². The van der Waals surface area contributed by atoms with E-state index in [4.69, 9.17) is 0 Å². The fourth-order valence-corrected chi connectivity index (χ4v) is 3.46. The molecule has 138 valence electrons. The molecule has 0 radical (unpaired) electrons. The molecule has 0 saturated carbocycles. The van der Waals surface area contributed by atoms with E-state index in [1.54, 1.807) is 17.3 Å². The number of anilines is 1. The first-order chi connectivity index (χ1) is 13.2. The number of nitrogens with zero attached hydrogens (tertiary/aromatic N) is 5. The van der Waals surface area contributed by atoms with Gasteiger partial charge in [-0.25, -0.2) is 9.67 Å². The van der Waals surface area contributed by atoms with Gasteiger partial charge in [0.05, 0.1) is 17.4 Å². The zero-order chi connectivity index (χ0) is 18.6. The Balaban J connectivity index is 1.50. The molecule has 1 amide bonds. The number of aromatic nitrogens is 3. The molecule has 1 aliphatic rings. The molecular formula is C21H23N5O. The molecule has 6 heteroatoms. The van der Waals surface area contributed by atoms with E-state index in [-0.39, 0.29) is 5.91 Å². The Morgan fingerprint density at radius 1 is 1.11 bits per heavy atom. The zero-order valence-electron chi connectivity index (χ0n) is 15.5. The van der Waals surface area contributed by atoms with Crippen molar-refractivity contribution in [3.63, 3.8) is 0 Å². The van der Waals surface area contributed by atoms with Gasteiger partial charge < -0.3 is 9.80 Å². The summed E-state index contributed by atoms with van der Waals surface area (Å²) >= 11 is 0. The number of benzene rings is 1. The van der Waals surface area contributed by atoms with Crippen LogP contribution in [0.5, 0.6) is 0 Å². The van der Waals surface area contributed by atoms with Crippen molar-refractivity contribution in [2.45, 2.75) is 19.4 Å². The molecule has 2 aromatic heterocycles. The van der Waals surface area contributed by atoms with Gasteiger partial charge in [0, 0.05) is 44.6 Å². The molecule has 0 unspecified atom stereocenters. The topological polar surface area (TPSA) is 54.3 Å². The maximum absolute atomic E-state index is 13.0. The van der Waals surface area contributed by atoms with Crippen LogP contribution in [0.2, 0.25) is 0 Å². The van der Waals surface area contributed by atoms with Crippen LogP contribution in [0.3, 0.4) is 0 Å². The van der Waals surface area contributed by atoms with Crippen LogP contribution in [0.1, 0.15) is 28.8 Å². The van der Waals surface area contributed by atoms with Gasteiger partial charge in [-0.2, -0.15) is 5.10 Å². The molecule has 0 bridgehead atoms. The average Bonchev–Trinajstić information content (AvgIpc) is 3.40. The summed E-state index contributed by atoms with van der Waals surface area (Å²) < 4.78 is 1.83. The highest BCUT2D eigenvalue weighted by Crippen LogP contribution is 2.23. The van der Waals surface area contributed by atoms with Gasteiger partial charge in [0.1, 0.15) is 5.82 Å². The summed E-state index contributed by atoms with van der Waals surface area (Å²) in [6.07, 6.45) is 7.83. The largest absolute Gasteiger partial charge is 0.356 e. The molecule has 0 aliphatic carbocycles. The van der Waals surface area contributed by atoms with E-state index >= 15 is 0 Å². The number of carbonyl (C=O) groups excluding carboxylic acids is 1. The van der Waals surface area contributed by atoms with Gasteiger partial charge in [-0.15, -0.1) is 0 Å². The minimum atomic E-state index is -0.0162. The summed E-state index contributed by atoms with van der Waals surface area (Å²) in [4.78, 5) is 21.4. The number of rotatable bonds is 5. The van der Waals surface area contributed by atoms with Gasteiger partial charge in [0.15, 0.2) is 0 Å². The Morgan fingerprint density at radius 3 is 2.67 bits per heavy atom. The molecule has 1 fully saturated rings. The average molecular weight is 361 g/mol. The standard InChI is InChI=1S/C21H23N5O/c1-24(15-17-14-23-26(16-17)18-8-3-2-4-9-18)21(27)19-10-7-11-22-20(19)25-12-5-6-13-25/h2-4,7-11,14,16H,5-6,12-13,15H2,1H3. The molecule has 1 aromatic carbocycles. The summed E-state index contributed by atoms with van der Waals surface area (Å²) in [5.74, 6) is 0.782. The molecular weight excluding hydrogens is 338 g/mol. The van der Waals surface area contributed by atoms with E-state index in [1.807, 2.05) is 60.4 Å². The highest BCUT2D eigenvalue weighted by atomic mass is 16.2. The van der Waals surface area contributed by atoms with E-state index in [0.717, 1.165) is 43.0 Å². The smallest absolute Gasteiger partial charge is 0.257 e. The predicted octanol–water partition coefficient (Wildman–Crippen LogP) is 3.14. The summed E-state index contributed by atoms with van der Waals surface area (Å²) in [7, 11) is 1.82. The van der Waals surface area contributed by atoms with Crippen LogP contribution in [0.4, 0.5) is 5.82 Å². The van der Waals surface area contributed by atoms with Gasteiger partial charge in [-0.3, -0.25) is 4.79 Å². The first kappa shape index (κ1) is 17.3. The molecule has 1 aliphatic heterocycles. The Morgan fingerprint density at radius 2 is 1.89 bits per heavy atom. The van der Waals surface area contributed by atoms with Crippen molar-refractivity contribution in [3.8, 4) is 5.69 Å². The van der Waals surface area contributed by atoms with Crippen LogP contribution >= 0.6 is 0 Å². The van der Waals surface area contributed by atoms with Crippen LogP contribution in [0.25, 0.3) is 5.69 Å². The zero-order valence-corrected chi connectivity index (χ0v) is 15.5. The maximum Gasteiger partial charge on any atom is 0.257 e. The molecule has 27 heavy (non-hydrogen) atoms. The van der Waals surface area contributed by atoms with Crippen LogP contribution in [-0.2, 0) is 6.54 Å². The summed E-state index contributed by atoms with van der Waals surface area (Å²) in [6, 6.07) is 13.6. The maximum atomic E-state index is 13.0. The normalized spacial score (nSPS) is 13.7. The van der Waals surface area contributed by atoms with Gasteiger partial charge in [0.25, 0.3) is 5.91 Å². The number of para-hydroxylation sites is 1. The summed E-state index contributed by atoms with van der Waals surface area (Å²) in [6.45, 7) is 2.43. The van der Waals surface area contributed by atoms with Crippen molar-refractivity contribution < 1.29 is 4.79 Å². The number of carbonyl (C=O) groups is 1. The van der Waals surface area contributed by atoms with Crippen molar-refractivity contribution >= 4 is 11.7 Å². The third-order valence-corrected chi connectivity index (χ3v) is 4.85. The Hall–Kier alpha value is -3.15. The molecule has 1 saturated heterocycles. The van der Waals surface area contributed by atoms with Gasteiger partial charge in [-0.1, -0.05) is 18.2 Å². The minimum absolute atomic E-state index is 0.0162. The number of pyridine rings is 1. The van der Waals surface area contributed by atoms with Gasteiger partial charge in [-0.05, 0) is 37.1 Å². The van der Waals surface area contributed by atoms with Crippen LogP contribution < -0.4 is 4.90 Å². The molecule has 6 nitrogen and oxygen atoms in total. The number of amides is 1. The first-order valence-corrected chi connectivity index (χ1v) is 9.27. The highest BCUT2D eigenvalue weighted by molar-refractivity contribution is 5.98. The van der Waals surface area contributed by atoms with E-state index in [2.05, 4.69) is 15.0 Å². The molecule has 0 spiro atoms. The van der Waals surface area contributed by atoms with E-state index < -0.39 is 0 Å². The van der Waals surface area contributed by atoms with Crippen LogP contribution in [0, 0.1) is 0 Å². The molecule has 4 rings (SSSR count). The summed E-state index contributed by atoms with van der Waals surface area (Å²) in [5.41, 5.74) is 2.65.